The summed E-state index contributed by atoms with van der Waals surface area (Å²) in [5.41, 5.74) is 1.33. The highest BCUT2D eigenvalue weighted by molar-refractivity contribution is 6.46. The van der Waals surface area contributed by atoms with Gasteiger partial charge in [0.05, 0.1) is 38.0 Å². The molecule has 0 aliphatic carbocycles. The van der Waals surface area contributed by atoms with Crippen molar-refractivity contribution in [2.24, 2.45) is 5.92 Å². The number of ketones is 1. The van der Waals surface area contributed by atoms with Gasteiger partial charge in [0.1, 0.15) is 17.3 Å². The van der Waals surface area contributed by atoms with Gasteiger partial charge in [0.25, 0.3) is 11.7 Å². The number of nitrogens with zero attached hydrogens (tertiary/aromatic N) is 2. The van der Waals surface area contributed by atoms with Crippen LogP contribution < -0.4 is 9.47 Å². The van der Waals surface area contributed by atoms with Crippen molar-refractivity contribution in [2.45, 2.75) is 46.1 Å². The Morgan fingerprint density at radius 2 is 1.60 bits per heavy atom. The lowest BCUT2D eigenvalue weighted by Gasteiger charge is -2.29. The molecule has 8 heteroatoms. The number of amides is 1. The van der Waals surface area contributed by atoms with Crippen LogP contribution in [0.4, 0.5) is 0 Å². The highest BCUT2D eigenvalue weighted by Crippen LogP contribution is 2.40. The molecule has 2 aromatic rings. The van der Waals surface area contributed by atoms with E-state index in [-0.39, 0.29) is 11.3 Å². The van der Waals surface area contributed by atoms with Crippen LogP contribution in [0.1, 0.15) is 57.2 Å². The van der Waals surface area contributed by atoms with Crippen LogP contribution in [0.3, 0.4) is 0 Å². The minimum absolute atomic E-state index is 0.104. The lowest BCUT2D eigenvalue weighted by molar-refractivity contribution is -0.140. The minimum Gasteiger partial charge on any atom is -0.507 e. The molecular weight excluding hydrogens is 508 g/mol. The summed E-state index contributed by atoms with van der Waals surface area (Å²) in [6.45, 7) is 11.8. The van der Waals surface area contributed by atoms with Crippen molar-refractivity contribution in [1.29, 1.82) is 0 Å². The zero-order chi connectivity index (χ0) is 28.5. The molecule has 0 bridgehead atoms. The predicted molar refractivity (Wildman–Crippen MR) is 155 cm³/mol. The van der Waals surface area contributed by atoms with Crippen LogP contribution in [0.15, 0.2) is 54.1 Å². The number of Topliss-reactive ketones (excluding diaryl/α,β-unsaturated/α-hetero) is 1. The smallest absolute Gasteiger partial charge is 0.295 e. The molecule has 2 heterocycles. The SMILES string of the molecule is CCCCOc1ccc(C2C(=C(O)c3ccc(OCC(C)C)cc3)C(=O)C(=O)N2CCCN2CCOCC2)cc1. The van der Waals surface area contributed by atoms with Crippen molar-refractivity contribution >= 4 is 17.4 Å². The molecule has 216 valence electrons. The molecule has 1 unspecified atom stereocenters. The van der Waals surface area contributed by atoms with Gasteiger partial charge in [-0.2, -0.15) is 0 Å². The molecular formula is C32H42N2O6. The molecule has 1 amide bonds. The van der Waals surface area contributed by atoms with E-state index in [1.165, 1.54) is 0 Å². The van der Waals surface area contributed by atoms with Crippen LogP contribution >= 0.6 is 0 Å². The van der Waals surface area contributed by atoms with Crippen molar-refractivity contribution in [1.82, 2.24) is 9.80 Å². The van der Waals surface area contributed by atoms with E-state index in [0.717, 1.165) is 43.8 Å². The first-order chi connectivity index (χ1) is 19.4. The maximum Gasteiger partial charge on any atom is 0.295 e. The van der Waals surface area contributed by atoms with Gasteiger partial charge in [-0.05, 0) is 60.7 Å². The Morgan fingerprint density at radius 3 is 2.25 bits per heavy atom. The van der Waals surface area contributed by atoms with Gasteiger partial charge < -0.3 is 24.2 Å². The number of benzene rings is 2. The van der Waals surface area contributed by atoms with Gasteiger partial charge in [-0.25, -0.2) is 0 Å². The number of hydrogen-bond acceptors (Lipinski definition) is 7. The molecule has 2 aliphatic rings. The molecule has 0 saturated carbocycles. The number of rotatable bonds is 13. The van der Waals surface area contributed by atoms with E-state index in [1.54, 1.807) is 29.2 Å². The number of hydrogen-bond donors (Lipinski definition) is 1. The highest BCUT2D eigenvalue weighted by atomic mass is 16.5. The van der Waals surface area contributed by atoms with Gasteiger partial charge in [-0.1, -0.05) is 39.3 Å². The molecule has 1 N–H and O–H groups in total. The summed E-state index contributed by atoms with van der Waals surface area (Å²) in [5, 5.41) is 11.4. The Bertz CT molecular complexity index is 1150. The Kier molecular flexibility index (Phi) is 10.6. The Balaban J connectivity index is 1.61. The lowest BCUT2D eigenvalue weighted by atomic mass is 9.95. The van der Waals surface area contributed by atoms with Crippen molar-refractivity contribution in [3.05, 3.63) is 65.2 Å². The van der Waals surface area contributed by atoms with Crippen molar-refractivity contribution in [3.8, 4) is 11.5 Å². The fourth-order valence-electron chi connectivity index (χ4n) is 4.95. The van der Waals surface area contributed by atoms with E-state index in [4.69, 9.17) is 14.2 Å². The standard InChI is InChI=1S/C32H42N2O6/c1-4-5-19-39-26-11-7-24(8-12-26)29-28(30(35)25-9-13-27(14-10-25)40-22-23(2)3)31(36)32(37)34(29)16-6-15-33-17-20-38-21-18-33/h7-14,23,29,35H,4-6,15-22H2,1-3H3. The first kappa shape index (κ1) is 29.6. The first-order valence-electron chi connectivity index (χ1n) is 14.4. The molecule has 0 spiro atoms. The van der Waals surface area contributed by atoms with Gasteiger partial charge in [-0.3, -0.25) is 14.5 Å². The maximum atomic E-state index is 13.4. The van der Waals surface area contributed by atoms with Gasteiger partial charge in [0, 0.05) is 31.7 Å². The fourth-order valence-corrected chi connectivity index (χ4v) is 4.95. The third kappa shape index (κ3) is 7.43. The number of ether oxygens (including phenoxy) is 3. The largest absolute Gasteiger partial charge is 0.507 e. The molecule has 4 rings (SSSR count). The summed E-state index contributed by atoms with van der Waals surface area (Å²) in [7, 11) is 0. The zero-order valence-corrected chi connectivity index (χ0v) is 23.9. The molecule has 2 aliphatic heterocycles. The number of carbonyl (C=O) groups excluding carboxylic acids is 2. The third-order valence-corrected chi connectivity index (χ3v) is 7.19. The molecule has 2 aromatic carbocycles. The predicted octanol–water partition coefficient (Wildman–Crippen LogP) is 5.04. The van der Waals surface area contributed by atoms with E-state index < -0.39 is 17.7 Å². The summed E-state index contributed by atoms with van der Waals surface area (Å²) >= 11 is 0. The molecule has 0 aromatic heterocycles. The number of aliphatic hydroxyl groups excluding tert-OH is 1. The van der Waals surface area contributed by atoms with E-state index >= 15 is 0 Å². The van der Waals surface area contributed by atoms with E-state index in [1.807, 2.05) is 24.3 Å². The van der Waals surface area contributed by atoms with Crippen LogP contribution in [0, 0.1) is 5.92 Å². The second-order valence-electron chi connectivity index (χ2n) is 10.8. The van der Waals surface area contributed by atoms with E-state index in [0.29, 0.717) is 56.6 Å². The van der Waals surface area contributed by atoms with Crippen LogP contribution in [-0.4, -0.2) is 79.2 Å². The van der Waals surface area contributed by atoms with Crippen molar-refractivity contribution in [2.75, 3.05) is 52.6 Å². The summed E-state index contributed by atoms with van der Waals surface area (Å²) in [6.07, 6.45) is 2.72. The van der Waals surface area contributed by atoms with Crippen molar-refractivity contribution in [3.63, 3.8) is 0 Å². The van der Waals surface area contributed by atoms with Crippen LogP contribution in [0.25, 0.3) is 5.76 Å². The normalized spacial score (nSPS) is 19.4. The van der Waals surface area contributed by atoms with Gasteiger partial charge in [0.2, 0.25) is 0 Å². The molecule has 2 saturated heterocycles. The van der Waals surface area contributed by atoms with Gasteiger partial charge in [-0.15, -0.1) is 0 Å². The van der Waals surface area contributed by atoms with Crippen LogP contribution in [-0.2, 0) is 14.3 Å². The number of unbranched alkanes of at least 4 members (excludes halogenated alkanes) is 1. The lowest BCUT2D eigenvalue weighted by Crippen LogP contribution is -2.38. The second-order valence-corrected chi connectivity index (χ2v) is 10.8. The molecule has 2 fully saturated rings. The third-order valence-electron chi connectivity index (χ3n) is 7.19. The maximum absolute atomic E-state index is 13.4. The van der Waals surface area contributed by atoms with E-state index in [2.05, 4.69) is 25.7 Å². The van der Waals surface area contributed by atoms with Gasteiger partial charge >= 0.3 is 0 Å². The fraction of sp³-hybridized carbons (Fsp3) is 0.500. The topological polar surface area (TPSA) is 88.5 Å². The average Bonchev–Trinajstić information content (AvgIpc) is 3.22. The highest BCUT2D eigenvalue weighted by Gasteiger charge is 2.45. The van der Waals surface area contributed by atoms with E-state index in [9.17, 15) is 14.7 Å². The Morgan fingerprint density at radius 1 is 0.950 bits per heavy atom. The Labute approximate surface area is 237 Å². The van der Waals surface area contributed by atoms with Gasteiger partial charge in [0.15, 0.2) is 0 Å². The monoisotopic (exact) mass is 550 g/mol. The average molecular weight is 551 g/mol. The number of carbonyl (C=O) groups is 2. The number of aliphatic hydroxyl groups is 1. The molecule has 0 radical (unpaired) electrons. The summed E-state index contributed by atoms with van der Waals surface area (Å²) in [5.74, 6) is 0.363. The zero-order valence-electron chi connectivity index (χ0n) is 23.9. The molecule has 40 heavy (non-hydrogen) atoms. The minimum atomic E-state index is -0.689. The first-order valence-corrected chi connectivity index (χ1v) is 14.4. The summed E-state index contributed by atoms with van der Waals surface area (Å²) in [6, 6.07) is 13.8. The Hall–Kier alpha value is -3.36. The molecule has 1 atom stereocenters. The number of morpholine rings is 1. The quantitative estimate of drug-likeness (QED) is 0.162. The summed E-state index contributed by atoms with van der Waals surface area (Å²) < 4.78 is 17.0. The number of likely N-dealkylation sites (tertiary alicyclic amines) is 1. The second kappa shape index (κ2) is 14.3. The summed E-state index contributed by atoms with van der Waals surface area (Å²) in [4.78, 5) is 30.6. The van der Waals surface area contributed by atoms with Crippen molar-refractivity contribution < 1.29 is 28.9 Å². The van der Waals surface area contributed by atoms with Crippen LogP contribution in [0.5, 0.6) is 11.5 Å². The van der Waals surface area contributed by atoms with Crippen LogP contribution in [0.2, 0.25) is 0 Å². The molecule has 8 nitrogen and oxygen atoms in total.